The molecule has 0 atom stereocenters. The summed E-state index contributed by atoms with van der Waals surface area (Å²) in [5.74, 6) is 0.294. The smallest absolute Gasteiger partial charge is 0.254 e. The van der Waals surface area contributed by atoms with Gasteiger partial charge in [-0.2, -0.15) is 0 Å². The Bertz CT molecular complexity index is 596. The molecule has 1 aromatic carbocycles. The number of anilines is 1. The highest BCUT2D eigenvalue weighted by atomic mass is 19.1. The third kappa shape index (κ3) is 3.54. The summed E-state index contributed by atoms with van der Waals surface area (Å²) in [5.41, 5.74) is 1.37. The lowest BCUT2D eigenvalue weighted by molar-refractivity contribution is 0.0827. The van der Waals surface area contributed by atoms with Gasteiger partial charge in [-0.15, -0.1) is 0 Å². The van der Waals surface area contributed by atoms with Gasteiger partial charge in [0.05, 0.1) is 5.56 Å². The maximum Gasteiger partial charge on any atom is 0.254 e. The number of carbonyl (C=O) groups is 1. The number of nitrogens with zero attached hydrogens (tertiary/aromatic N) is 2. The molecule has 0 saturated carbocycles. The van der Waals surface area contributed by atoms with Gasteiger partial charge in [-0.25, -0.2) is 9.37 Å². The highest BCUT2D eigenvalue weighted by molar-refractivity contribution is 5.93. The van der Waals surface area contributed by atoms with Crippen LogP contribution in [0, 0.1) is 5.82 Å². The van der Waals surface area contributed by atoms with Gasteiger partial charge in [0, 0.05) is 26.8 Å². The molecular formula is C15H16FN3O. The predicted molar refractivity (Wildman–Crippen MR) is 76.0 cm³/mol. The number of carbonyl (C=O) groups excluding carboxylic acids is 1. The van der Waals surface area contributed by atoms with Crippen molar-refractivity contribution >= 4 is 11.7 Å². The molecule has 0 fully saturated rings. The van der Waals surface area contributed by atoms with E-state index in [9.17, 15) is 9.18 Å². The zero-order valence-electron chi connectivity index (χ0n) is 11.4. The van der Waals surface area contributed by atoms with E-state index in [0.29, 0.717) is 17.9 Å². The first-order valence-electron chi connectivity index (χ1n) is 6.22. The second-order valence-electron chi connectivity index (χ2n) is 4.62. The van der Waals surface area contributed by atoms with E-state index < -0.39 is 0 Å². The van der Waals surface area contributed by atoms with Gasteiger partial charge < -0.3 is 10.2 Å². The van der Waals surface area contributed by atoms with Crippen molar-refractivity contribution in [3.8, 4) is 0 Å². The van der Waals surface area contributed by atoms with E-state index in [0.717, 1.165) is 5.56 Å². The van der Waals surface area contributed by atoms with Crippen LogP contribution < -0.4 is 5.32 Å². The second-order valence-corrected chi connectivity index (χ2v) is 4.62. The van der Waals surface area contributed by atoms with E-state index in [1.807, 2.05) is 6.07 Å². The zero-order chi connectivity index (χ0) is 14.5. The fourth-order valence-corrected chi connectivity index (χ4v) is 1.72. The van der Waals surface area contributed by atoms with Gasteiger partial charge in [-0.1, -0.05) is 12.1 Å². The van der Waals surface area contributed by atoms with Gasteiger partial charge in [-0.3, -0.25) is 4.79 Å². The molecule has 0 aliphatic heterocycles. The number of pyridine rings is 1. The van der Waals surface area contributed by atoms with Crippen molar-refractivity contribution in [2.24, 2.45) is 0 Å². The maximum absolute atomic E-state index is 13.0. The van der Waals surface area contributed by atoms with Crippen LogP contribution in [0.2, 0.25) is 0 Å². The predicted octanol–water partition coefficient (Wildman–Crippen LogP) is 2.53. The van der Waals surface area contributed by atoms with Crippen molar-refractivity contribution in [2.75, 3.05) is 19.4 Å². The first-order chi connectivity index (χ1) is 9.56. The molecule has 1 amide bonds. The number of hydrogen-bond donors (Lipinski definition) is 1. The summed E-state index contributed by atoms with van der Waals surface area (Å²) in [5, 5.41) is 3.08. The van der Waals surface area contributed by atoms with Crippen LogP contribution in [0.4, 0.5) is 10.2 Å². The molecule has 0 aliphatic carbocycles. The lowest BCUT2D eigenvalue weighted by Gasteiger charge is -2.10. The van der Waals surface area contributed by atoms with Crippen LogP contribution in [0.25, 0.3) is 0 Å². The van der Waals surface area contributed by atoms with Gasteiger partial charge >= 0.3 is 0 Å². The normalized spacial score (nSPS) is 10.2. The summed E-state index contributed by atoms with van der Waals surface area (Å²) in [7, 11) is 3.39. The van der Waals surface area contributed by atoms with Crippen LogP contribution in [-0.2, 0) is 6.54 Å². The summed E-state index contributed by atoms with van der Waals surface area (Å²) < 4.78 is 13.0. The van der Waals surface area contributed by atoms with E-state index in [1.54, 1.807) is 32.3 Å². The standard InChI is InChI=1S/C15H16FN3O/c1-19(2)15(20)12-6-7-14(18-10-12)17-9-11-4-3-5-13(16)8-11/h3-8,10H,9H2,1-2H3,(H,17,18). The monoisotopic (exact) mass is 273 g/mol. The van der Waals surface area contributed by atoms with Crippen LogP contribution >= 0.6 is 0 Å². The molecule has 0 radical (unpaired) electrons. The van der Waals surface area contributed by atoms with Crippen molar-refractivity contribution in [1.29, 1.82) is 0 Å². The van der Waals surface area contributed by atoms with Gasteiger partial charge in [0.1, 0.15) is 11.6 Å². The third-order valence-electron chi connectivity index (χ3n) is 2.78. The molecule has 104 valence electrons. The van der Waals surface area contributed by atoms with Crippen molar-refractivity contribution in [2.45, 2.75) is 6.54 Å². The van der Waals surface area contributed by atoms with Crippen LogP contribution in [0.5, 0.6) is 0 Å². The highest BCUT2D eigenvalue weighted by Crippen LogP contribution is 2.09. The minimum absolute atomic E-state index is 0.0887. The first kappa shape index (κ1) is 14.0. The van der Waals surface area contributed by atoms with Crippen LogP contribution in [-0.4, -0.2) is 29.9 Å². The topological polar surface area (TPSA) is 45.2 Å². The first-order valence-corrected chi connectivity index (χ1v) is 6.22. The third-order valence-corrected chi connectivity index (χ3v) is 2.78. The number of rotatable bonds is 4. The SMILES string of the molecule is CN(C)C(=O)c1ccc(NCc2cccc(F)c2)nc1. The number of hydrogen-bond acceptors (Lipinski definition) is 3. The maximum atomic E-state index is 13.0. The van der Waals surface area contributed by atoms with Crippen LogP contribution in [0.1, 0.15) is 15.9 Å². The molecule has 20 heavy (non-hydrogen) atoms. The lowest BCUT2D eigenvalue weighted by Crippen LogP contribution is -2.21. The lowest BCUT2D eigenvalue weighted by atomic mass is 10.2. The number of nitrogens with one attached hydrogen (secondary N) is 1. The summed E-state index contributed by atoms with van der Waals surface area (Å²) in [6.45, 7) is 0.478. The van der Waals surface area contributed by atoms with Crippen molar-refractivity contribution in [3.63, 3.8) is 0 Å². The van der Waals surface area contributed by atoms with Gasteiger partial charge in [0.15, 0.2) is 0 Å². The summed E-state index contributed by atoms with van der Waals surface area (Å²) in [4.78, 5) is 17.4. The quantitative estimate of drug-likeness (QED) is 0.931. The Kier molecular flexibility index (Phi) is 4.30. The molecule has 1 heterocycles. The molecule has 4 nitrogen and oxygen atoms in total. The van der Waals surface area contributed by atoms with Gasteiger partial charge in [0.2, 0.25) is 0 Å². The molecule has 0 spiro atoms. The largest absolute Gasteiger partial charge is 0.366 e. The minimum Gasteiger partial charge on any atom is -0.366 e. The molecule has 0 bridgehead atoms. The number of aromatic nitrogens is 1. The van der Waals surface area contributed by atoms with Gasteiger partial charge in [0.25, 0.3) is 5.91 Å². The molecule has 2 aromatic rings. The molecule has 0 saturated heterocycles. The summed E-state index contributed by atoms with van der Waals surface area (Å²) in [6, 6.07) is 9.82. The average Bonchev–Trinajstić information content (AvgIpc) is 2.45. The van der Waals surface area contributed by atoms with E-state index in [4.69, 9.17) is 0 Å². The Labute approximate surface area is 117 Å². The fraction of sp³-hybridized carbons (Fsp3) is 0.200. The van der Waals surface area contributed by atoms with E-state index in [1.165, 1.54) is 23.2 Å². The summed E-state index contributed by atoms with van der Waals surface area (Å²) >= 11 is 0. The van der Waals surface area contributed by atoms with Crippen LogP contribution in [0.15, 0.2) is 42.6 Å². The second kappa shape index (κ2) is 6.14. The van der Waals surface area contributed by atoms with E-state index >= 15 is 0 Å². The Morgan fingerprint density at radius 2 is 2.10 bits per heavy atom. The molecule has 0 aliphatic rings. The van der Waals surface area contributed by atoms with E-state index in [-0.39, 0.29) is 11.7 Å². The highest BCUT2D eigenvalue weighted by Gasteiger charge is 2.07. The molecular weight excluding hydrogens is 257 g/mol. The average molecular weight is 273 g/mol. The fourth-order valence-electron chi connectivity index (χ4n) is 1.72. The zero-order valence-corrected chi connectivity index (χ0v) is 11.4. The number of amides is 1. The molecule has 5 heteroatoms. The Morgan fingerprint density at radius 1 is 1.30 bits per heavy atom. The van der Waals surface area contributed by atoms with Gasteiger partial charge in [-0.05, 0) is 29.8 Å². The minimum atomic E-state index is -0.260. The van der Waals surface area contributed by atoms with Crippen molar-refractivity contribution < 1.29 is 9.18 Å². The molecule has 1 aromatic heterocycles. The van der Waals surface area contributed by atoms with Crippen molar-refractivity contribution in [3.05, 3.63) is 59.5 Å². The van der Waals surface area contributed by atoms with Crippen molar-refractivity contribution in [1.82, 2.24) is 9.88 Å². The number of benzene rings is 1. The van der Waals surface area contributed by atoms with E-state index in [2.05, 4.69) is 10.3 Å². The molecule has 1 N–H and O–H groups in total. The Morgan fingerprint density at radius 3 is 2.70 bits per heavy atom. The number of halogens is 1. The Balaban J connectivity index is 1.99. The Hall–Kier alpha value is -2.43. The van der Waals surface area contributed by atoms with Crippen LogP contribution in [0.3, 0.4) is 0 Å². The molecule has 2 rings (SSSR count). The summed E-state index contributed by atoms with van der Waals surface area (Å²) in [6.07, 6.45) is 1.52. The molecule has 0 unspecified atom stereocenters.